The van der Waals surface area contributed by atoms with Gasteiger partial charge in [-0.25, -0.2) is 13.1 Å². The van der Waals surface area contributed by atoms with Gasteiger partial charge in [0.15, 0.2) is 0 Å². The fraction of sp³-hybridized carbons (Fsp3) is 0.500. The molecule has 0 aromatic heterocycles. The Balaban J connectivity index is 2.42. The first-order valence-corrected chi connectivity index (χ1v) is 7.04. The first-order valence-electron chi connectivity index (χ1n) is 5.49. The predicted octanol–water partition coefficient (Wildman–Crippen LogP) is 1.75. The highest BCUT2D eigenvalue weighted by Gasteiger charge is 2.17. The highest BCUT2D eigenvalue weighted by molar-refractivity contribution is 7.90. The summed E-state index contributed by atoms with van der Waals surface area (Å²) in [6, 6.07) is 10.5. The highest BCUT2D eigenvalue weighted by atomic mass is 32.2. The number of nitrogens with one attached hydrogen (secondary N) is 1. The molecule has 0 aliphatic rings. The van der Waals surface area contributed by atoms with Crippen molar-refractivity contribution in [2.75, 3.05) is 6.54 Å². The number of sulfonamides is 1. The summed E-state index contributed by atoms with van der Waals surface area (Å²) in [6.07, 6.45) is 1.35. The lowest BCUT2D eigenvalue weighted by Crippen LogP contribution is -2.33. The first-order chi connectivity index (χ1) is 7.56. The summed E-state index contributed by atoms with van der Waals surface area (Å²) in [4.78, 5) is 0. The molecule has 0 fully saturated rings. The van der Waals surface area contributed by atoms with E-state index in [9.17, 15) is 8.42 Å². The van der Waals surface area contributed by atoms with E-state index in [0.717, 1.165) is 5.56 Å². The Morgan fingerprint density at radius 3 is 2.56 bits per heavy atom. The average molecular weight is 240 g/mol. The molecule has 1 unspecified atom stereocenters. The summed E-state index contributed by atoms with van der Waals surface area (Å²) in [6.45, 7) is 4.05. The van der Waals surface area contributed by atoms with Crippen LogP contribution < -0.4 is 4.72 Å². The molecule has 3 nitrogen and oxygen atoms in total. The van der Waals surface area contributed by atoms with Gasteiger partial charge in [0.2, 0.25) is 10.0 Å². The minimum atomic E-state index is -3.14. The Morgan fingerprint density at radius 1 is 1.38 bits per heavy atom. The van der Waals surface area contributed by atoms with Gasteiger partial charge in [-0.1, -0.05) is 31.2 Å². The monoisotopic (exact) mass is 240 g/mol. The van der Waals surface area contributed by atoms with Crippen molar-refractivity contribution in [1.29, 1.82) is 0 Å². The smallest absolute Gasteiger partial charge is 0.214 e. The van der Waals surface area contributed by atoms with E-state index in [1.165, 1.54) is 0 Å². The second kappa shape index (κ2) is 6.01. The molecule has 89 valence electrons. The summed E-state index contributed by atoms with van der Waals surface area (Å²) in [5.74, 6) is 0. The SMILES string of the molecule is CCC(C)S(=O)(=O)NCCc1cc[c]cc1. The second-order valence-electron chi connectivity index (χ2n) is 3.82. The molecule has 0 spiro atoms. The zero-order chi connectivity index (χ0) is 12.0. The molecule has 1 rings (SSSR count). The van der Waals surface area contributed by atoms with Crippen molar-refractivity contribution in [3.8, 4) is 0 Å². The fourth-order valence-electron chi connectivity index (χ4n) is 1.29. The normalized spacial score (nSPS) is 13.6. The number of benzene rings is 1. The van der Waals surface area contributed by atoms with Gasteiger partial charge in [-0.2, -0.15) is 0 Å². The van der Waals surface area contributed by atoms with Gasteiger partial charge in [-0.3, -0.25) is 0 Å². The van der Waals surface area contributed by atoms with Gasteiger partial charge >= 0.3 is 0 Å². The van der Waals surface area contributed by atoms with Crippen LogP contribution in [0.1, 0.15) is 25.8 Å². The lowest BCUT2D eigenvalue weighted by molar-refractivity contribution is 0.566. The van der Waals surface area contributed by atoms with E-state index in [0.29, 0.717) is 19.4 Å². The van der Waals surface area contributed by atoms with Crippen molar-refractivity contribution >= 4 is 10.0 Å². The van der Waals surface area contributed by atoms with E-state index >= 15 is 0 Å². The van der Waals surface area contributed by atoms with Gasteiger partial charge in [0.25, 0.3) is 0 Å². The van der Waals surface area contributed by atoms with Crippen molar-refractivity contribution in [2.24, 2.45) is 0 Å². The maximum atomic E-state index is 11.6. The largest absolute Gasteiger partial charge is 0.215 e. The van der Waals surface area contributed by atoms with E-state index in [-0.39, 0.29) is 5.25 Å². The lowest BCUT2D eigenvalue weighted by atomic mass is 10.2. The minimum absolute atomic E-state index is 0.323. The zero-order valence-corrected chi connectivity index (χ0v) is 10.5. The Hall–Kier alpha value is -0.870. The van der Waals surface area contributed by atoms with E-state index in [1.807, 2.05) is 31.2 Å². The third-order valence-electron chi connectivity index (χ3n) is 2.61. The minimum Gasteiger partial charge on any atom is -0.215 e. The predicted molar refractivity (Wildman–Crippen MR) is 65.7 cm³/mol. The molecular formula is C12H18NO2S. The van der Waals surface area contributed by atoms with Crippen molar-refractivity contribution in [1.82, 2.24) is 4.72 Å². The fourth-order valence-corrected chi connectivity index (χ4v) is 2.40. The van der Waals surface area contributed by atoms with Crippen molar-refractivity contribution in [3.63, 3.8) is 0 Å². The van der Waals surface area contributed by atoms with Gasteiger partial charge in [-0.15, -0.1) is 0 Å². The van der Waals surface area contributed by atoms with Gasteiger partial charge in [0, 0.05) is 6.54 Å². The highest BCUT2D eigenvalue weighted by Crippen LogP contribution is 2.03. The number of rotatable bonds is 6. The lowest BCUT2D eigenvalue weighted by Gasteiger charge is -2.11. The van der Waals surface area contributed by atoms with Gasteiger partial charge in [0.1, 0.15) is 0 Å². The van der Waals surface area contributed by atoms with Crippen LogP contribution in [0.3, 0.4) is 0 Å². The molecule has 1 N–H and O–H groups in total. The topological polar surface area (TPSA) is 46.2 Å². The Bertz CT molecular complexity index is 400. The van der Waals surface area contributed by atoms with Gasteiger partial charge in [0.05, 0.1) is 5.25 Å². The van der Waals surface area contributed by atoms with Crippen LogP contribution in [0.5, 0.6) is 0 Å². The van der Waals surface area contributed by atoms with E-state index in [4.69, 9.17) is 0 Å². The summed E-state index contributed by atoms with van der Waals surface area (Å²) in [7, 11) is -3.14. The molecule has 0 amide bonds. The van der Waals surface area contributed by atoms with Crippen LogP contribution in [-0.4, -0.2) is 20.2 Å². The number of hydrogen-bond donors (Lipinski definition) is 1. The molecule has 16 heavy (non-hydrogen) atoms. The second-order valence-corrected chi connectivity index (χ2v) is 6.00. The van der Waals surface area contributed by atoms with Crippen molar-refractivity contribution in [3.05, 3.63) is 35.9 Å². The van der Waals surface area contributed by atoms with Crippen LogP contribution in [-0.2, 0) is 16.4 Å². The molecule has 0 saturated carbocycles. The maximum absolute atomic E-state index is 11.6. The van der Waals surface area contributed by atoms with E-state index in [2.05, 4.69) is 10.8 Å². The van der Waals surface area contributed by atoms with Crippen LogP contribution in [0.25, 0.3) is 0 Å². The van der Waals surface area contributed by atoms with Crippen LogP contribution >= 0.6 is 0 Å². The quantitative estimate of drug-likeness (QED) is 0.823. The molecule has 0 aliphatic carbocycles. The molecule has 1 aromatic carbocycles. The molecule has 4 heteroatoms. The molecule has 0 bridgehead atoms. The molecular weight excluding hydrogens is 222 g/mol. The van der Waals surface area contributed by atoms with Crippen molar-refractivity contribution < 1.29 is 8.42 Å². The molecule has 1 atom stereocenters. The van der Waals surface area contributed by atoms with Crippen molar-refractivity contribution in [2.45, 2.75) is 31.9 Å². The van der Waals surface area contributed by atoms with E-state index < -0.39 is 10.0 Å². The molecule has 1 radical (unpaired) electrons. The average Bonchev–Trinajstić information content (AvgIpc) is 2.29. The maximum Gasteiger partial charge on any atom is 0.214 e. The van der Waals surface area contributed by atoms with Crippen LogP contribution in [0, 0.1) is 6.07 Å². The molecule has 0 heterocycles. The standard InChI is InChI=1S/C12H18NO2S/c1-3-11(2)16(14,15)13-10-9-12-7-5-4-6-8-12/h5-8,11,13H,3,9-10H2,1-2H3. The summed E-state index contributed by atoms with van der Waals surface area (Å²) in [5, 5.41) is -0.323. The first kappa shape index (κ1) is 13.2. The van der Waals surface area contributed by atoms with Crippen LogP contribution in [0.15, 0.2) is 24.3 Å². The third-order valence-corrected chi connectivity index (χ3v) is 4.61. The molecule has 0 aliphatic heterocycles. The summed E-state index contributed by atoms with van der Waals surface area (Å²) >= 11 is 0. The van der Waals surface area contributed by atoms with E-state index in [1.54, 1.807) is 6.92 Å². The Labute approximate surface area is 97.9 Å². The Kier molecular flexibility index (Phi) is 4.96. The van der Waals surface area contributed by atoms with Gasteiger partial charge < -0.3 is 0 Å². The van der Waals surface area contributed by atoms with Gasteiger partial charge in [-0.05, 0) is 31.4 Å². The summed E-state index contributed by atoms with van der Waals surface area (Å²) < 4.78 is 25.9. The third kappa shape index (κ3) is 3.94. The summed E-state index contributed by atoms with van der Waals surface area (Å²) in [5.41, 5.74) is 1.12. The van der Waals surface area contributed by atoms with Crippen LogP contribution in [0.2, 0.25) is 0 Å². The van der Waals surface area contributed by atoms with Crippen LogP contribution in [0.4, 0.5) is 0 Å². The zero-order valence-electron chi connectivity index (χ0n) is 9.73. The number of hydrogen-bond acceptors (Lipinski definition) is 2. The molecule has 1 aromatic rings. The molecule has 0 saturated heterocycles. The Morgan fingerprint density at radius 2 is 2.00 bits per heavy atom.